The topological polar surface area (TPSA) is 55.0 Å². The van der Waals surface area contributed by atoms with E-state index in [1.54, 1.807) is 0 Å². The van der Waals surface area contributed by atoms with Gasteiger partial charge in [-0.25, -0.2) is 0 Å². The van der Waals surface area contributed by atoms with Crippen LogP contribution in [0.15, 0.2) is 6.07 Å². The van der Waals surface area contributed by atoms with Crippen LogP contribution in [0.25, 0.3) is 0 Å². The van der Waals surface area contributed by atoms with Crippen molar-refractivity contribution in [3.05, 3.63) is 17.3 Å². The van der Waals surface area contributed by atoms with Crippen molar-refractivity contribution in [1.29, 1.82) is 0 Å². The molecule has 5 heteroatoms. The van der Waals surface area contributed by atoms with E-state index in [0.717, 1.165) is 43.9 Å². The van der Waals surface area contributed by atoms with Crippen LogP contribution < -0.4 is 10.6 Å². The summed E-state index contributed by atoms with van der Waals surface area (Å²) in [4.78, 5) is 2.34. The Morgan fingerprint density at radius 3 is 2.94 bits per heavy atom. The zero-order valence-corrected chi connectivity index (χ0v) is 10.7. The van der Waals surface area contributed by atoms with E-state index in [-0.39, 0.29) is 0 Å². The molecule has 0 unspecified atom stereocenters. The monoisotopic (exact) mass is 250 g/mol. The number of fused-ring (bicyclic) bond motifs is 1. The molecule has 0 aromatic carbocycles. The van der Waals surface area contributed by atoms with Crippen molar-refractivity contribution >= 4 is 17.6 Å². The molecule has 2 heterocycles. The fourth-order valence-electron chi connectivity index (χ4n) is 2.48. The number of hydrogen-bond acceptors (Lipinski definition) is 5. The van der Waals surface area contributed by atoms with E-state index in [9.17, 15) is 0 Å². The minimum Gasteiger partial charge on any atom is -0.353 e. The molecule has 0 bridgehead atoms. The molecule has 2 aliphatic rings. The molecule has 1 aromatic rings. The maximum absolute atomic E-state index is 6.01. The lowest BCUT2D eigenvalue weighted by molar-refractivity contribution is 0.560. The van der Waals surface area contributed by atoms with E-state index >= 15 is 0 Å². The van der Waals surface area contributed by atoms with E-state index in [4.69, 9.17) is 5.73 Å². The molecular weight excluding hydrogens is 232 g/mol. The summed E-state index contributed by atoms with van der Waals surface area (Å²) in [6, 6.07) is 2.51. The van der Waals surface area contributed by atoms with Crippen molar-refractivity contribution < 1.29 is 0 Å². The summed E-state index contributed by atoms with van der Waals surface area (Å²) in [5.41, 5.74) is 8.48. The molecule has 0 radical (unpaired) electrons. The molecule has 1 aliphatic heterocycles. The van der Waals surface area contributed by atoms with Gasteiger partial charge in [0.1, 0.15) is 0 Å². The van der Waals surface area contributed by atoms with Gasteiger partial charge in [0.25, 0.3) is 0 Å². The number of nitrogens with two attached hydrogens (primary N) is 1. The van der Waals surface area contributed by atoms with Crippen LogP contribution in [0.4, 0.5) is 5.82 Å². The Bertz CT molecular complexity index is 403. The van der Waals surface area contributed by atoms with Crippen molar-refractivity contribution in [3.8, 4) is 0 Å². The summed E-state index contributed by atoms with van der Waals surface area (Å²) < 4.78 is 0. The van der Waals surface area contributed by atoms with Gasteiger partial charge in [-0.3, -0.25) is 0 Å². The van der Waals surface area contributed by atoms with Crippen LogP contribution in [0.2, 0.25) is 0 Å². The maximum Gasteiger partial charge on any atom is 0.151 e. The Labute approximate surface area is 106 Å². The minimum atomic E-state index is 0.302. The molecule has 3 rings (SSSR count). The third-order valence-electron chi connectivity index (χ3n) is 3.52. The van der Waals surface area contributed by atoms with E-state index < -0.39 is 0 Å². The first kappa shape index (κ1) is 11.3. The molecule has 1 fully saturated rings. The number of nitrogens with zero attached hydrogens (tertiary/aromatic N) is 3. The number of anilines is 1. The van der Waals surface area contributed by atoms with Gasteiger partial charge in [-0.15, -0.1) is 5.10 Å². The number of rotatable bonds is 1. The second-order valence-electron chi connectivity index (χ2n) is 4.78. The molecule has 4 nitrogen and oxygen atoms in total. The minimum absolute atomic E-state index is 0.302. The van der Waals surface area contributed by atoms with Crippen molar-refractivity contribution in [2.75, 3.05) is 29.5 Å². The van der Waals surface area contributed by atoms with Gasteiger partial charge in [-0.05, 0) is 30.9 Å². The van der Waals surface area contributed by atoms with Crippen LogP contribution in [0.5, 0.6) is 0 Å². The lowest BCUT2D eigenvalue weighted by Gasteiger charge is -2.28. The Morgan fingerprint density at radius 1 is 1.29 bits per heavy atom. The van der Waals surface area contributed by atoms with Gasteiger partial charge in [-0.2, -0.15) is 16.9 Å². The van der Waals surface area contributed by atoms with Crippen molar-refractivity contribution in [3.63, 3.8) is 0 Å². The van der Waals surface area contributed by atoms with Gasteiger partial charge in [0.15, 0.2) is 5.82 Å². The predicted octanol–water partition coefficient (Wildman–Crippen LogP) is 0.846. The Hall–Kier alpha value is -0.810. The van der Waals surface area contributed by atoms with E-state index in [1.165, 1.54) is 17.1 Å². The first-order chi connectivity index (χ1) is 8.33. The number of hydrogen-bond donors (Lipinski definition) is 1. The predicted molar refractivity (Wildman–Crippen MR) is 71.6 cm³/mol. The summed E-state index contributed by atoms with van der Waals surface area (Å²) >= 11 is 2.01. The molecule has 1 saturated heterocycles. The van der Waals surface area contributed by atoms with Gasteiger partial charge in [-0.1, -0.05) is 0 Å². The SMILES string of the molecule is N[C@H]1CCc2nnc(N3CCSCC3)cc2C1. The van der Waals surface area contributed by atoms with E-state index in [2.05, 4.69) is 21.2 Å². The summed E-state index contributed by atoms with van der Waals surface area (Å²) in [7, 11) is 0. The van der Waals surface area contributed by atoms with Gasteiger partial charge in [0, 0.05) is 30.6 Å². The van der Waals surface area contributed by atoms with Gasteiger partial charge in [0.2, 0.25) is 0 Å². The molecule has 1 atom stereocenters. The quantitative estimate of drug-likeness (QED) is 0.800. The Kier molecular flexibility index (Phi) is 3.20. The number of aryl methyl sites for hydroxylation is 1. The van der Waals surface area contributed by atoms with Crippen LogP contribution in [-0.4, -0.2) is 40.8 Å². The van der Waals surface area contributed by atoms with E-state index in [0.29, 0.717) is 6.04 Å². The molecule has 2 N–H and O–H groups in total. The molecule has 0 saturated carbocycles. The number of thioether (sulfide) groups is 1. The van der Waals surface area contributed by atoms with Gasteiger partial charge < -0.3 is 10.6 Å². The maximum atomic E-state index is 6.01. The second kappa shape index (κ2) is 4.82. The van der Waals surface area contributed by atoms with Crippen molar-refractivity contribution in [2.45, 2.75) is 25.3 Å². The Balaban J connectivity index is 1.84. The van der Waals surface area contributed by atoms with Crippen LogP contribution in [-0.2, 0) is 12.8 Å². The lowest BCUT2D eigenvalue weighted by atomic mass is 9.93. The first-order valence-electron chi connectivity index (χ1n) is 6.26. The first-order valence-corrected chi connectivity index (χ1v) is 7.42. The van der Waals surface area contributed by atoms with Crippen molar-refractivity contribution in [1.82, 2.24) is 10.2 Å². The Morgan fingerprint density at radius 2 is 2.12 bits per heavy atom. The molecular formula is C12H18N4S. The normalized spacial score (nSPS) is 24.5. The highest BCUT2D eigenvalue weighted by molar-refractivity contribution is 7.99. The summed E-state index contributed by atoms with van der Waals surface area (Å²) in [6.45, 7) is 2.17. The average Bonchev–Trinajstić information content (AvgIpc) is 2.39. The molecule has 17 heavy (non-hydrogen) atoms. The highest BCUT2D eigenvalue weighted by Crippen LogP contribution is 2.23. The molecule has 92 valence electrons. The van der Waals surface area contributed by atoms with Crippen LogP contribution >= 0.6 is 11.8 Å². The third-order valence-corrected chi connectivity index (χ3v) is 4.46. The molecule has 0 spiro atoms. The fraction of sp³-hybridized carbons (Fsp3) is 0.667. The average molecular weight is 250 g/mol. The summed E-state index contributed by atoms with van der Waals surface area (Å²) in [5.74, 6) is 3.43. The highest BCUT2D eigenvalue weighted by Gasteiger charge is 2.20. The molecule has 1 aliphatic carbocycles. The second-order valence-corrected chi connectivity index (χ2v) is 6.00. The highest BCUT2D eigenvalue weighted by atomic mass is 32.2. The standard InChI is InChI=1S/C12H18N4S/c13-10-1-2-11-9(7-10)8-12(15-14-11)16-3-5-17-6-4-16/h8,10H,1-7,13H2/t10-/m0/s1. The summed E-state index contributed by atoms with van der Waals surface area (Å²) in [6.07, 6.45) is 2.99. The molecule has 0 amide bonds. The zero-order valence-electron chi connectivity index (χ0n) is 9.93. The van der Waals surface area contributed by atoms with Gasteiger partial charge in [0.05, 0.1) is 5.69 Å². The lowest BCUT2D eigenvalue weighted by Crippen LogP contribution is -2.34. The molecule has 1 aromatic heterocycles. The van der Waals surface area contributed by atoms with Crippen LogP contribution in [0.3, 0.4) is 0 Å². The van der Waals surface area contributed by atoms with Crippen LogP contribution in [0, 0.1) is 0 Å². The van der Waals surface area contributed by atoms with Crippen LogP contribution in [0.1, 0.15) is 17.7 Å². The zero-order chi connectivity index (χ0) is 11.7. The van der Waals surface area contributed by atoms with E-state index in [1.807, 2.05) is 11.8 Å². The third kappa shape index (κ3) is 2.40. The largest absolute Gasteiger partial charge is 0.353 e. The van der Waals surface area contributed by atoms with Gasteiger partial charge >= 0.3 is 0 Å². The number of aromatic nitrogens is 2. The van der Waals surface area contributed by atoms with Crippen molar-refractivity contribution in [2.24, 2.45) is 5.73 Å². The fourth-order valence-corrected chi connectivity index (χ4v) is 3.39. The summed E-state index contributed by atoms with van der Waals surface area (Å²) in [5, 5.41) is 8.74. The smallest absolute Gasteiger partial charge is 0.151 e.